The van der Waals surface area contributed by atoms with Gasteiger partial charge in [-0.2, -0.15) is 5.10 Å². The van der Waals surface area contributed by atoms with Gasteiger partial charge in [0, 0.05) is 25.4 Å². The number of hydrogen-bond acceptors (Lipinski definition) is 3. The number of aliphatic carboxylic acids is 1. The molecule has 1 aliphatic heterocycles. The number of aryl methyl sites for hydroxylation is 2. The molecule has 1 fully saturated rings. The lowest BCUT2D eigenvalue weighted by Crippen LogP contribution is -2.49. The van der Waals surface area contributed by atoms with Crippen LogP contribution in [0.2, 0.25) is 0 Å². The molecule has 0 aromatic carbocycles. The molecule has 0 spiro atoms. The predicted octanol–water partition coefficient (Wildman–Crippen LogP) is 1.81. The Kier molecular flexibility index (Phi) is 3.94. The van der Waals surface area contributed by atoms with E-state index in [4.69, 9.17) is 0 Å². The molecule has 1 aromatic rings. The molecule has 1 aromatic heterocycles. The van der Waals surface area contributed by atoms with Gasteiger partial charge >= 0.3 is 5.97 Å². The number of aromatic nitrogens is 2. The zero-order valence-electron chi connectivity index (χ0n) is 12.0. The second kappa shape index (κ2) is 5.33. The van der Waals surface area contributed by atoms with Crippen molar-refractivity contribution >= 4 is 5.97 Å². The number of hydrogen-bond donors (Lipinski definition) is 1. The van der Waals surface area contributed by atoms with Crippen molar-refractivity contribution in [3.63, 3.8) is 0 Å². The van der Waals surface area contributed by atoms with Gasteiger partial charge in [0.1, 0.15) is 5.54 Å². The van der Waals surface area contributed by atoms with Gasteiger partial charge in [0.15, 0.2) is 0 Å². The molecule has 1 N–H and O–H groups in total. The van der Waals surface area contributed by atoms with E-state index < -0.39 is 11.5 Å². The summed E-state index contributed by atoms with van der Waals surface area (Å²) in [5, 5.41) is 14.0. The molecule has 1 atom stereocenters. The van der Waals surface area contributed by atoms with Crippen molar-refractivity contribution in [2.24, 2.45) is 7.05 Å². The monoisotopic (exact) mass is 265 g/mol. The van der Waals surface area contributed by atoms with Crippen LogP contribution in [0.15, 0.2) is 6.20 Å². The standard InChI is InChI=1S/C14H23N3O2/c1-4-12-11(9-16(3)15-12)10-17-8-6-7-14(17,5-2)13(18)19/h9H,4-8,10H2,1-3H3,(H,18,19). The van der Waals surface area contributed by atoms with E-state index in [0.29, 0.717) is 13.0 Å². The van der Waals surface area contributed by atoms with Crippen molar-refractivity contribution in [2.75, 3.05) is 6.54 Å². The molecule has 1 saturated heterocycles. The predicted molar refractivity (Wildman–Crippen MR) is 72.9 cm³/mol. The molecule has 106 valence electrons. The Hall–Kier alpha value is -1.36. The molecule has 2 heterocycles. The van der Waals surface area contributed by atoms with Gasteiger partial charge in [-0.3, -0.25) is 14.4 Å². The number of carbonyl (C=O) groups is 1. The van der Waals surface area contributed by atoms with Gasteiger partial charge in [-0.1, -0.05) is 13.8 Å². The summed E-state index contributed by atoms with van der Waals surface area (Å²) in [5.41, 5.74) is 1.55. The maximum atomic E-state index is 11.7. The van der Waals surface area contributed by atoms with Crippen LogP contribution in [0.1, 0.15) is 44.4 Å². The van der Waals surface area contributed by atoms with Crippen LogP contribution in [0.3, 0.4) is 0 Å². The summed E-state index contributed by atoms with van der Waals surface area (Å²) in [6.45, 7) is 5.60. The summed E-state index contributed by atoms with van der Waals surface area (Å²) in [5.74, 6) is -0.686. The Labute approximate surface area is 114 Å². The molecule has 5 heteroatoms. The number of carboxylic acids is 1. The summed E-state index contributed by atoms with van der Waals surface area (Å²) >= 11 is 0. The van der Waals surface area contributed by atoms with E-state index in [-0.39, 0.29) is 0 Å². The quantitative estimate of drug-likeness (QED) is 0.882. The third-order valence-corrected chi connectivity index (χ3v) is 4.29. The third-order valence-electron chi connectivity index (χ3n) is 4.29. The minimum absolute atomic E-state index is 0.657. The Morgan fingerprint density at radius 1 is 1.53 bits per heavy atom. The number of likely N-dealkylation sites (tertiary alicyclic amines) is 1. The van der Waals surface area contributed by atoms with Gasteiger partial charge in [-0.15, -0.1) is 0 Å². The maximum absolute atomic E-state index is 11.7. The fraction of sp³-hybridized carbons (Fsp3) is 0.714. The van der Waals surface area contributed by atoms with E-state index in [0.717, 1.165) is 37.1 Å². The second-order valence-electron chi connectivity index (χ2n) is 5.34. The Balaban J connectivity index is 2.24. The second-order valence-corrected chi connectivity index (χ2v) is 5.34. The van der Waals surface area contributed by atoms with Crippen LogP contribution in [-0.2, 0) is 24.8 Å². The first kappa shape index (κ1) is 14.1. The first-order valence-corrected chi connectivity index (χ1v) is 7.03. The van der Waals surface area contributed by atoms with Gasteiger partial charge in [-0.05, 0) is 32.2 Å². The average Bonchev–Trinajstić information content (AvgIpc) is 2.94. The number of rotatable bonds is 5. The fourth-order valence-electron chi connectivity index (χ4n) is 3.18. The number of carboxylic acid groups (broad SMARTS) is 1. The van der Waals surface area contributed by atoms with E-state index >= 15 is 0 Å². The van der Waals surface area contributed by atoms with Gasteiger partial charge in [0.2, 0.25) is 0 Å². The molecule has 19 heavy (non-hydrogen) atoms. The minimum Gasteiger partial charge on any atom is -0.480 e. The van der Waals surface area contributed by atoms with Crippen LogP contribution in [0.5, 0.6) is 0 Å². The van der Waals surface area contributed by atoms with E-state index in [2.05, 4.69) is 16.9 Å². The normalized spacial score (nSPS) is 23.9. The lowest BCUT2D eigenvalue weighted by Gasteiger charge is -2.33. The van der Waals surface area contributed by atoms with E-state index in [1.807, 2.05) is 24.9 Å². The summed E-state index contributed by atoms with van der Waals surface area (Å²) in [6.07, 6.45) is 5.27. The lowest BCUT2D eigenvalue weighted by molar-refractivity contribution is -0.150. The first-order chi connectivity index (χ1) is 9.03. The lowest BCUT2D eigenvalue weighted by atomic mass is 9.92. The van der Waals surface area contributed by atoms with Crippen LogP contribution < -0.4 is 0 Å². The van der Waals surface area contributed by atoms with Crippen molar-refractivity contribution in [2.45, 2.75) is 51.6 Å². The maximum Gasteiger partial charge on any atom is 0.324 e. The van der Waals surface area contributed by atoms with Gasteiger partial charge in [0.05, 0.1) is 5.69 Å². The highest BCUT2D eigenvalue weighted by Gasteiger charge is 2.46. The zero-order chi connectivity index (χ0) is 14.0. The van der Waals surface area contributed by atoms with Crippen LogP contribution in [0, 0.1) is 0 Å². The molecular weight excluding hydrogens is 242 g/mol. The fourth-order valence-corrected chi connectivity index (χ4v) is 3.18. The van der Waals surface area contributed by atoms with E-state index in [1.165, 1.54) is 0 Å². The van der Waals surface area contributed by atoms with Crippen molar-refractivity contribution in [1.82, 2.24) is 14.7 Å². The topological polar surface area (TPSA) is 58.4 Å². The summed E-state index contributed by atoms with van der Waals surface area (Å²) in [7, 11) is 1.91. The molecule has 0 bridgehead atoms. The van der Waals surface area contributed by atoms with Crippen LogP contribution in [-0.4, -0.2) is 37.8 Å². The highest BCUT2D eigenvalue weighted by Crippen LogP contribution is 2.34. The van der Waals surface area contributed by atoms with Crippen LogP contribution in [0.4, 0.5) is 0 Å². The SMILES string of the molecule is CCc1nn(C)cc1CN1CCCC1(CC)C(=O)O. The first-order valence-electron chi connectivity index (χ1n) is 7.03. The Bertz CT molecular complexity index is 469. The van der Waals surface area contributed by atoms with E-state index in [9.17, 15) is 9.90 Å². The minimum atomic E-state index is -0.686. The largest absolute Gasteiger partial charge is 0.480 e. The molecule has 5 nitrogen and oxygen atoms in total. The third kappa shape index (κ3) is 2.39. The highest BCUT2D eigenvalue weighted by molar-refractivity contribution is 5.79. The average molecular weight is 265 g/mol. The molecular formula is C14H23N3O2. The molecule has 2 rings (SSSR count). The van der Waals surface area contributed by atoms with Crippen LogP contribution >= 0.6 is 0 Å². The molecule has 0 aliphatic carbocycles. The van der Waals surface area contributed by atoms with Crippen LogP contribution in [0.25, 0.3) is 0 Å². The summed E-state index contributed by atoms with van der Waals surface area (Å²) < 4.78 is 1.82. The highest BCUT2D eigenvalue weighted by atomic mass is 16.4. The molecule has 1 aliphatic rings. The summed E-state index contributed by atoms with van der Waals surface area (Å²) in [6, 6.07) is 0. The van der Waals surface area contributed by atoms with Gasteiger partial charge in [-0.25, -0.2) is 0 Å². The van der Waals surface area contributed by atoms with E-state index in [1.54, 1.807) is 0 Å². The van der Waals surface area contributed by atoms with Crippen molar-refractivity contribution in [1.29, 1.82) is 0 Å². The Morgan fingerprint density at radius 3 is 2.84 bits per heavy atom. The molecule has 0 amide bonds. The molecule has 0 saturated carbocycles. The van der Waals surface area contributed by atoms with Crippen molar-refractivity contribution in [3.05, 3.63) is 17.5 Å². The van der Waals surface area contributed by atoms with Crippen molar-refractivity contribution < 1.29 is 9.90 Å². The number of nitrogens with zero attached hydrogens (tertiary/aromatic N) is 3. The smallest absolute Gasteiger partial charge is 0.324 e. The Morgan fingerprint density at radius 2 is 2.26 bits per heavy atom. The van der Waals surface area contributed by atoms with Crippen molar-refractivity contribution in [3.8, 4) is 0 Å². The van der Waals surface area contributed by atoms with Gasteiger partial charge < -0.3 is 5.11 Å². The summed E-state index contributed by atoms with van der Waals surface area (Å²) in [4.78, 5) is 13.8. The zero-order valence-corrected chi connectivity index (χ0v) is 12.0. The van der Waals surface area contributed by atoms with Gasteiger partial charge in [0.25, 0.3) is 0 Å². The molecule has 0 radical (unpaired) electrons. The molecule has 1 unspecified atom stereocenters.